The molecule has 0 radical (unpaired) electrons. The zero-order chi connectivity index (χ0) is 34.4. The molecule has 0 atom stereocenters. The number of ether oxygens (including phenoxy) is 2. The van der Waals surface area contributed by atoms with E-state index < -0.39 is 0 Å². The molecule has 0 amide bonds. The van der Waals surface area contributed by atoms with Gasteiger partial charge in [0.15, 0.2) is 11.5 Å². The predicted molar refractivity (Wildman–Crippen MR) is 210 cm³/mol. The van der Waals surface area contributed by atoms with Gasteiger partial charge in [-0.1, -0.05) is 66.7 Å². The fourth-order valence-electron chi connectivity index (χ4n) is 9.14. The lowest BCUT2D eigenvalue weighted by Gasteiger charge is -2.39. The zero-order valence-corrected chi connectivity index (χ0v) is 28.0. The zero-order valence-electron chi connectivity index (χ0n) is 28.0. The van der Waals surface area contributed by atoms with Gasteiger partial charge in [0.25, 0.3) is 6.71 Å². The molecule has 0 bridgehead atoms. The lowest BCUT2D eigenvalue weighted by atomic mass is 9.33. The van der Waals surface area contributed by atoms with E-state index in [1.54, 1.807) is 0 Å². The molecule has 2 aromatic heterocycles. The molecule has 8 nitrogen and oxygen atoms in total. The maximum atomic E-state index is 7.13. The second-order valence-corrected chi connectivity index (χ2v) is 13.9. The highest BCUT2D eigenvalue weighted by molar-refractivity contribution is 7.01. The van der Waals surface area contributed by atoms with Crippen molar-refractivity contribution in [3.63, 3.8) is 0 Å². The Balaban J connectivity index is 1.18. The quantitative estimate of drug-likeness (QED) is 0.171. The molecule has 7 aromatic carbocycles. The van der Waals surface area contributed by atoms with E-state index >= 15 is 0 Å². The summed E-state index contributed by atoms with van der Waals surface area (Å²) < 4.78 is 18.7. The molecule has 13 rings (SSSR count). The Kier molecular flexibility index (Phi) is 5.05. The monoisotopic (exact) mass is 680 g/mol. The van der Waals surface area contributed by atoms with Gasteiger partial charge >= 0.3 is 0 Å². The molecule has 0 fully saturated rings. The molecule has 0 saturated carbocycles. The molecule has 0 unspecified atom stereocenters. The smallest absolute Gasteiger partial charge is 0.262 e. The maximum absolute atomic E-state index is 7.13. The van der Waals surface area contributed by atoms with E-state index in [-0.39, 0.29) is 6.71 Å². The molecule has 4 aliphatic heterocycles. The van der Waals surface area contributed by atoms with Crippen molar-refractivity contribution in [2.45, 2.75) is 0 Å². The summed E-state index contributed by atoms with van der Waals surface area (Å²) in [4.78, 5) is 14.8. The summed E-state index contributed by atoms with van der Waals surface area (Å²) in [7, 11) is 0. The van der Waals surface area contributed by atoms with Gasteiger partial charge in [-0.05, 0) is 78.3 Å². The SMILES string of the molecule is c1ccc(N2c3ccccc3Oc3c2cc2ncn4c2c3B2c3c-4cccc3-n3cnc4cc5c(c2c43)Oc2ccccc2N5c2ccccc2)cc1. The summed E-state index contributed by atoms with van der Waals surface area (Å²) >= 11 is 0. The minimum atomic E-state index is -0.268. The molecule has 4 aliphatic rings. The Hall–Kier alpha value is -7.26. The molecule has 9 aromatic rings. The Morgan fingerprint density at radius 2 is 0.849 bits per heavy atom. The molecular weight excluding hydrogens is 655 g/mol. The van der Waals surface area contributed by atoms with Gasteiger partial charge in [-0.25, -0.2) is 9.97 Å². The molecule has 0 N–H and O–H groups in total. The number of imidazole rings is 2. The number of fused-ring (bicyclic) bond motifs is 10. The van der Waals surface area contributed by atoms with Crippen LogP contribution in [-0.4, -0.2) is 25.8 Å². The van der Waals surface area contributed by atoms with E-state index in [2.05, 4.69) is 146 Å². The third-order valence-electron chi connectivity index (χ3n) is 11.2. The number of anilines is 6. The normalized spacial score (nSPS) is 13.8. The summed E-state index contributed by atoms with van der Waals surface area (Å²) in [6.07, 6.45) is 3.91. The van der Waals surface area contributed by atoms with Crippen molar-refractivity contribution >= 4 is 79.3 Å². The van der Waals surface area contributed by atoms with Crippen molar-refractivity contribution in [1.82, 2.24) is 19.1 Å². The fraction of sp³-hybridized carbons (Fsp3) is 0. The summed E-state index contributed by atoms with van der Waals surface area (Å²) in [5, 5.41) is 0. The van der Waals surface area contributed by atoms with Crippen LogP contribution in [0.5, 0.6) is 23.0 Å². The van der Waals surface area contributed by atoms with Crippen LogP contribution in [0.4, 0.5) is 34.1 Å². The number of hydrogen-bond donors (Lipinski definition) is 0. The van der Waals surface area contributed by atoms with E-state index in [4.69, 9.17) is 19.4 Å². The summed E-state index contributed by atoms with van der Waals surface area (Å²) in [5.74, 6) is 3.21. The number of nitrogens with zero attached hydrogens (tertiary/aromatic N) is 6. The third kappa shape index (κ3) is 3.41. The Labute approximate surface area is 303 Å². The van der Waals surface area contributed by atoms with Gasteiger partial charge in [0.1, 0.15) is 24.2 Å². The van der Waals surface area contributed by atoms with E-state index in [0.29, 0.717) is 0 Å². The molecule has 246 valence electrons. The van der Waals surface area contributed by atoms with Crippen molar-refractivity contribution in [1.29, 1.82) is 0 Å². The second-order valence-electron chi connectivity index (χ2n) is 13.9. The van der Waals surface area contributed by atoms with E-state index in [9.17, 15) is 0 Å². The van der Waals surface area contributed by atoms with Crippen LogP contribution in [0.3, 0.4) is 0 Å². The first-order valence-corrected chi connectivity index (χ1v) is 17.8. The molecule has 9 heteroatoms. The van der Waals surface area contributed by atoms with Crippen molar-refractivity contribution < 1.29 is 9.47 Å². The van der Waals surface area contributed by atoms with Gasteiger partial charge in [-0.2, -0.15) is 0 Å². The fourth-order valence-corrected chi connectivity index (χ4v) is 9.14. The number of rotatable bonds is 2. The maximum Gasteiger partial charge on any atom is 0.262 e. The number of benzene rings is 7. The standard InChI is InChI=1S/C44H25BN6O2/c1-3-12-26(13-4-1)50-30-16-7-9-20-36(30)52-43-34(50)22-28-41-39(43)45-38-32(48(41)24-46-28)18-11-19-33(38)49-25-47-29-23-35-44(40(45)42(29)49)53-37-21-10-8-17-31(37)51(35)27-14-5-2-6-15-27/h1-25H. The van der Waals surface area contributed by atoms with E-state index in [1.807, 2.05) is 24.8 Å². The lowest BCUT2D eigenvalue weighted by Crippen LogP contribution is -2.60. The van der Waals surface area contributed by atoms with Gasteiger partial charge in [-0.15, -0.1) is 0 Å². The van der Waals surface area contributed by atoms with Gasteiger partial charge < -0.3 is 19.3 Å². The highest BCUT2D eigenvalue weighted by Crippen LogP contribution is 2.54. The highest BCUT2D eigenvalue weighted by atomic mass is 16.5. The van der Waals surface area contributed by atoms with Crippen molar-refractivity contribution in [3.8, 4) is 34.4 Å². The van der Waals surface area contributed by atoms with Crippen LogP contribution in [0.1, 0.15) is 0 Å². The number of para-hydroxylation sites is 6. The van der Waals surface area contributed by atoms with Gasteiger partial charge in [-0.3, -0.25) is 9.13 Å². The molecule has 53 heavy (non-hydrogen) atoms. The first-order valence-electron chi connectivity index (χ1n) is 17.8. The second kappa shape index (κ2) is 9.74. The number of hydrogen-bond acceptors (Lipinski definition) is 6. The highest BCUT2D eigenvalue weighted by Gasteiger charge is 2.47. The average Bonchev–Trinajstić information content (AvgIpc) is 3.84. The van der Waals surface area contributed by atoms with E-state index in [1.165, 1.54) is 0 Å². The van der Waals surface area contributed by atoms with Crippen LogP contribution in [0.15, 0.2) is 152 Å². The Morgan fingerprint density at radius 3 is 1.34 bits per heavy atom. The van der Waals surface area contributed by atoms with Crippen LogP contribution in [0.2, 0.25) is 0 Å². The summed E-state index contributed by atoms with van der Waals surface area (Å²) in [5.41, 5.74) is 15.2. The van der Waals surface area contributed by atoms with Gasteiger partial charge in [0.05, 0.1) is 44.8 Å². The predicted octanol–water partition coefficient (Wildman–Crippen LogP) is 8.66. The minimum absolute atomic E-state index is 0.268. The summed E-state index contributed by atoms with van der Waals surface area (Å²) in [6, 6.07) is 48.4. The Bertz CT molecular complexity index is 2850. The molecule has 0 saturated heterocycles. The first kappa shape index (κ1) is 27.5. The van der Waals surface area contributed by atoms with Crippen LogP contribution in [0.25, 0.3) is 33.4 Å². The Morgan fingerprint density at radius 1 is 0.415 bits per heavy atom. The lowest BCUT2D eigenvalue weighted by molar-refractivity contribution is 0.480. The summed E-state index contributed by atoms with van der Waals surface area (Å²) in [6.45, 7) is -0.268. The first-order chi connectivity index (χ1) is 26.3. The van der Waals surface area contributed by atoms with Crippen molar-refractivity contribution in [2.24, 2.45) is 0 Å². The largest absolute Gasteiger partial charge is 0.453 e. The third-order valence-corrected chi connectivity index (χ3v) is 11.2. The van der Waals surface area contributed by atoms with Crippen LogP contribution in [-0.2, 0) is 0 Å². The molecule has 0 spiro atoms. The minimum Gasteiger partial charge on any atom is -0.453 e. The van der Waals surface area contributed by atoms with Crippen molar-refractivity contribution in [2.75, 3.05) is 9.80 Å². The van der Waals surface area contributed by atoms with Gasteiger partial charge in [0.2, 0.25) is 0 Å². The van der Waals surface area contributed by atoms with E-state index in [0.717, 1.165) is 107 Å². The van der Waals surface area contributed by atoms with Crippen LogP contribution >= 0.6 is 0 Å². The topological polar surface area (TPSA) is 60.6 Å². The number of aromatic nitrogens is 4. The van der Waals surface area contributed by atoms with Gasteiger partial charge in [0, 0.05) is 33.7 Å². The van der Waals surface area contributed by atoms with Crippen molar-refractivity contribution in [3.05, 3.63) is 152 Å². The van der Waals surface area contributed by atoms with Crippen LogP contribution < -0.4 is 35.7 Å². The molecular formula is C44H25BN6O2. The average molecular weight is 681 g/mol. The van der Waals surface area contributed by atoms with Crippen LogP contribution in [0, 0.1) is 0 Å². The molecule has 0 aliphatic carbocycles. The molecule has 6 heterocycles.